The third-order valence-electron chi connectivity index (χ3n) is 2.51. The number of nitrogens with one attached hydrogen (secondary N) is 1. The van der Waals surface area contributed by atoms with Crippen molar-refractivity contribution in [2.24, 2.45) is 0 Å². The van der Waals surface area contributed by atoms with Gasteiger partial charge in [0.1, 0.15) is 4.90 Å². The van der Waals surface area contributed by atoms with E-state index in [2.05, 4.69) is 9.71 Å². The molecule has 0 saturated carbocycles. The second kappa shape index (κ2) is 5.49. The molecule has 0 bridgehead atoms. The summed E-state index contributed by atoms with van der Waals surface area (Å²) < 4.78 is 26.9. The molecule has 1 aromatic carbocycles. The van der Waals surface area contributed by atoms with E-state index < -0.39 is 10.0 Å². The van der Waals surface area contributed by atoms with E-state index in [1.807, 2.05) is 6.07 Å². The van der Waals surface area contributed by atoms with Crippen LogP contribution >= 0.6 is 11.6 Å². The highest BCUT2D eigenvalue weighted by atomic mass is 35.5. The first-order valence-electron chi connectivity index (χ1n) is 5.57. The molecular weight excluding hydrogens is 298 g/mol. The molecule has 2 aromatic rings. The Kier molecular flexibility index (Phi) is 3.93. The van der Waals surface area contributed by atoms with Gasteiger partial charge in [-0.15, -0.1) is 0 Å². The third-order valence-corrected chi connectivity index (χ3v) is 4.38. The van der Waals surface area contributed by atoms with Gasteiger partial charge in [-0.1, -0.05) is 11.6 Å². The summed E-state index contributed by atoms with van der Waals surface area (Å²) in [6.45, 7) is 1.80. The number of halogens is 1. The average Bonchev–Trinajstić information content (AvgIpc) is 2.41. The second-order valence-electron chi connectivity index (χ2n) is 4.05. The van der Waals surface area contributed by atoms with E-state index >= 15 is 0 Å². The quantitative estimate of drug-likeness (QED) is 0.945. The Labute approximate surface area is 121 Å². The minimum Gasteiger partial charge on any atom is -0.278 e. The second-order valence-corrected chi connectivity index (χ2v) is 6.11. The summed E-state index contributed by atoms with van der Waals surface area (Å²) in [5.74, 6) is 0. The van der Waals surface area contributed by atoms with Gasteiger partial charge in [-0.05, 0) is 37.3 Å². The maximum Gasteiger partial charge on any atom is 0.263 e. The van der Waals surface area contributed by atoms with Crippen LogP contribution in [0.2, 0.25) is 5.02 Å². The van der Waals surface area contributed by atoms with Crippen LogP contribution in [0.15, 0.2) is 41.4 Å². The number of aromatic nitrogens is 1. The first-order chi connectivity index (χ1) is 9.42. The highest BCUT2D eigenvalue weighted by molar-refractivity contribution is 7.92. The van der Waals surface area contributed by atoms with Gasteiger partial charge in [0.2, 0.25) is 0 Å². The van der Waals surface area contributed by atoms with Gasteiger partial charge in [0.25, 0.3) is 10.0 Å². The first kappa shape index (κ1) is 14.3. The third kappa shape index (κ3) is 3.07. The summed E-state index contributed by atoms with van der Waals surface area (Å²) in [7, 11) is -3.86. The Morgan fingerprint density at radius 2 is 2.05 bits per heavy atom. The molecule has 0 fully saturated rings. The zero-order chi connectivity index (χ0) is 14.8. The van der Waals surface area contributed by atoms with E-state index in [1.54, 1.807) is 19.1 Å². The molecule has 0 unspecified atom stereocenters. The molecule has 5 nitrogen and oxygen atoms in total. The molecule has 0 radical (unpaired) electrons. The highest BCUT2D eigenvalue weighted by Gasteiger charge is 2.18. The Morgan fingerprint density at radius 3 is 2.65 bits per heavy atom. The van der Waals surface area contributed by atoms with Crippen molar-refractivity contribution in [3.8, 4) is 6.07 Å². The number of aryl methyl sites for hydroxylation is 1. The zero-order valence-electron chi connectivity index (χ0n) is 10.5. The van der Waals surface area contributed by atoms with Gasteiger partial charge < -0.3 is 0 Å². The average molecular weight is 308 g/mol. The van der Waals surface area contributed by atoms with E-state index in [1.165, 1.54) is 24.4 Å². The SMILES string of the molecule is Cc1ccc(NS(=O)(=O)c2cc(C#N)ccc2Cl)cn1. The molecule has 0 saturated heterocycles. The lowest BCUT2D eigenvalue weighted by atomic mass is 10.2. The molecule has 1 N–H and O–H groups in total. The minimum absolute atomic E-state index is 0.0524. The molecule has 0 amide bonds. The maximum absolute atomic E-state index is 12.2. The molecule has 0 aliphatic rings. The van der Waals surface area contributed by atoms with Crippen molar-refractivity contribution < 1.29 is 8.42 Å². The van der Waals surface area contributed by atoms with Gasteiger partial charge in [0.15, 0.2) is 0 Å². The van der Waals surface area contributed by atoms with Crippen LogP contribution in [0.5, 0.6) is 0 Å². The monoisotopic (exact) mass is 307 g/mol. The van der Waals surface area contributed by atoms with Crippen molar-refractivity contribution in [2.45, 2.75) is 11.8 Å². The topological polar surface area (TPSA) is 82.9 Å². The number of anilines is 1. The molecule has 0 aliphatic heterocycles. The summed E-state index contributed by atoms with van der Waals surface area (Å²) in [6.07, 6.45) is 1.41. The first-order valence-corrected chi connectivity index (χ1v) is 7.43. The molecule has 102 valence electrons. The summed E-state index contributed by atoms with van der Waals surface area (Å²) >= 11 is 5.88. The van der Waals surface area contributed by atoms with Crippen LogP contribution in [0.25, 0.3) is 0 Å². The summed E-state index contributed by atoms with van der Waals surface area (Å²) in [4.78, 5) is 3.86. The van der Waals surface area contributed by atoms with E-state index in [4.69, 9.17) is 16.9 Å². The number of sulfonamides is 1. The summed E-state index contributed by atoms with van der Waals surface area (Å²) in [5.41, 5.74) is 1.32. The van der Waals surface area contributed by atoms with E-state index in [0.717, 1.165) is 5.69 Å². The largest absolute Gasteiger partial charge is 0.278 e. The fraction of sp³-hybridized carbons (Fsp3) is 0.0769. The maximum atomic E-state index is 12.2. The van der Waals surface area contributed by atoms with Crippen LogP contribution in [0.4, 0.5) is 5.69 Å². The number of pyridine rings is 1. The van der Waals surface area contributed by atoms with Gasteiger partial charge in [-0.3, -0.25) is 9.71 Å². The van der Waals surface area contributed by atoms with Crippen molar-refractivity contribution in [1.82, 2.24) is 4.98 Å². The molecule has 0 spiro atoms. The van der Waals surface area contributed by atoms with E-state index in [-0.39, 0.29) is 15.5 Å². The predicted octanol–water partition coefficient (Wildman–Crippen LogP) is 2.72. The Hall–Kier alpha value is -2.10. The van der Waals surface area contributed by atoms with Gasteiger partial charge >= 0.3 is 0 Å². The Morgan fingerprint density at radius 1 is 1.30 bits per heavy atom. The lowest BCUT2D eigenvalue weighted by molar-refractivity contribution is 0.601. The minimum atomic E-state index is -3.86. The summed E-state index contributed by atoms with van der Waals surface area (Å²) in [5, 5.41) is 8.87. The predicted molar refractivity (Wildman–Crippen MR) is 75.9 cm³/mol. The lowest BCUT2D eigenvalue weighted by Gasteiger charge is -2.09. The molecular formula is C13H10ClN3O2S. The number of benzene rings is 1. The van der Waals surface area contributed by atoms with Gasteiger partial charge in [0.05, 0.1) is 28.5 Å². The number of nitriles is 1. The normalized spacial score (nSPS) is 10.8. The van der Waals surface area contributed by atoms with Gasteiger partial charge in [0, 0.05) is 5.69 Å². The van der Waals surface area contributed by atoms with Crippen molar-refractivity contribution in [3.63, 3.8) is 0 Å². The van der Waals surface area contributed by atoms with Gasteiger partial charge in [-0.2, -0.15) is 5.26 Å². The van der Waals surface area contributed by atoms with Crippen molar-refractivity contribution in [1.29, 1.82) is 5.26 Å². The number of hydrogen-bond donors (Lipinski definition) is 1. The molecule has 1 heterocycles. The zero-order valence-corrected chi connectivity index (χ0v) is 12.0. The lowest BCUT2D eigenvalue weighted by Crippen LogP contribution is -2.14. The molecule has 7 heteroatoms. The Bertz CT molecular complexity index is 780. The van der Waals surface area contributed by atoms with Gasteiger partial charge in [-0.25, -0.2) is 8.42 Å². The smallest absolute Gasteiger partial charge is 0.263 e. The summed E-state index contributed by atoms with van der Waals surface area (Å²) in [6, 6.07) is 9.22. The number of nitrogens with zero attached hydrogens (tertiary/aromatic N) is 2. The number of rotatable bonds is 3. The van der Waals surface area contributed by atoms with Crippen LogP contribution in [0.1, 0.15) is 11.3 Å². The standard InChI is InChI=1S/C13H10ClN3O2S/c1-9-2-4-11(8-16-9)17-20(18,19)13-6-10(7-15)3-5-12(13)14/h2-6,8,17H,1H3. The highest BCUT2D eigenvalue weighted by Crippen LogP contribution is 2.24. The molecule has 0 aliphatic carbocycles. The Balaban J connectivity index is 2.40. The molecule has 0 atom stereocenters. The van der Waals surface area contributed by atoms with E-state index in [0.29, 0.717) is 5.69 Å². The van der Waals surface area contributed by atoms with Crippen LogP contribution < -0.4 is 4.72 Å². The van der Waals surface area contributed by atoms with E-state index in [9.17, 15) is 8.42 Å². The molecule has 20 heavy (non-hydrogen) atoms. The van der Waals surface area contributed by atoms with Crippen LogP contribution in [-0.4, -0.2) is 13.4 Å². The van der Waals surface area contributed by atoms with Crippen molar-refractivity contribution >= 4 is 27.3 Å². The molecule has 1 aromatic heterocycles. The van der Waals surface area contributed by atoms with Crippen LogP contribution in [0.3, 0.4) is 0 Å². The fourth-order valence-corrected chi connectivity index (χ4v) is 3.09. The van der Waals surface area contributed by atoms with Crippen LogP contribution in [-0.2, 0) is 10.0 Å². The fourth-order valence-electron chi connectivity index (χ4n) is 1.52. The van der Waals surface area contributed by atoms with Crippen LogP contribution in [0, 0.1) is 18.3 Å². The number of hydrogen-bond acceptors (Lipinski definition) is 4. The molecule has 2 rings (SSSR count). The van der Waals surface area contributed by atoms with Crippen molar-refractivity contribution in [2.75, 3.05) is 4.72 Å². The van der Waals surface area contributed by atoms with Crippen molar-refractivity contribution in [3.05, 3.63) is 52.8 Å².